The molecule has 14 heteroatoms. The zero-order valence-corrected chi connectivity index (χ0v) is 22.7. The van der Waals surface area contributed by atoms with E-state index in [0.717, 1.165) is 7.11 Å². The van der Waals surface area contributed by atoms with Gasteiger partial charge in [0.25, 0.3) is 0 Å². The summed E-state index contributed by atoms with van der Waals surface area (Å²) in [6, 6.07) is 10.5. The fourth-order valence-electron chi connectivity index (χ4n) is 4.00. The molecule has 1 heterocycles. The largest absolute Gasteiger partial charge is 0.506 e. The fourth-order valence-corrected chi connectivity index (χ4v) is 5.10. The van der Waals surface area contributed by atoms with Gasteiger partial charge in [0, 0.05) is 24.4 Å². The average molecular weight is 599 g/mol. The molecule has 0 fully saturated rings. The highest BCUT2D eigenvalue weighted by Gasteiger charge is 2.34. The number of aromatic nitrogens is 1. The van der Waals surface area contributed by atoms with Crippen molar-refractivity contribution in [1.29, 1.82) is 0 Å². The molecule has 0 saturated heterocycles. The third kappa shape index (κ3) is 6.40. The van der Waals surface area contributed by atoms with Crippen LogP contribution in [-0.2, 0) is 48.6 Å². The van der Waals surface area contributed by atoms with Crippen molar-refractivity contribution in [1.82, 2.24) is 4.57 Å². The number of guanidine groups is 1. The van der Waals surface area contributed by atoms with Crippen molar-refractivity contribution < 1.29 is 36.5 Å². The Kier molecular flexibility index (Phi) is 9.15. The van der Waals surface area contributed by atoms with E-state index in [0.29, 0.717) is 15.6 Å². The Morgan fingerprint density at radius 1 is 1.24 bits per heavy atom. The van der Waals surface area contributed by atoms with Crippen molar-refractivity contribution in [3.8, 4) is 5.75 Å². The molecule has 0 aliphatic rings. The number of aryl methyl sites for hydroxylation is 1. The minimum absolute atomic E-state index is 0.0171. The maximum Gasteiger partial charge on any atom is 0.427 e. The number of aliphatic imine (C=N–C) groups is 1. The Morgan fingerprint density at radius 3 is 2.51 bits per heavy atom. The van der Waals surface area contributed by atoms with E-state index >= 15 is 0 Å². The van der Waals surface area contributed by atoms with Gasteiger partial charge < -0.3 is 25.9 Å². The second-order valence-electron chi connectivity index (χ2n) is 7.78. The topological polar surface area (TPSA) is 178 Å². The van der Waals surface area contributed by atoms with Gasteiger partial charge in [-0.2, -0.15) is 8.42 Å². The molecule has 3 aromatic rings. The maximum absolute atomic E-state index is 13.4. The quantitative estimate of drug-likeness (QED) is 0.0976. The molecule has 200 valence electrons. The summed E-state index contributed by atoms with van der Waals surface area (Å²) < 4.78 is 42.0. The molecule has 0 bridgehead atoms. The van der Waals surface area contributed by atoms with Gasteiger partial charge in [-0.05, 0) is 34.5 Å². The number of hydrogen-bond donors (Lipinski definition) is 3. The molecule has 37 heavy (non-hydrogen) atoms. The first kappa shape index (κ1) is 28.4. The van der Waals surface area contributed by atoms with Crippen LogP contribution in [0.15, 0.2) is 45.9 Å². The maximum atomic E-state index is 13.4. The molecule has 0 saturated carbocycles. The second-order valence-corrected chi connectivity index (χ2v) is 9.78. The van der Waals surface area contributed by atoms with Crippen LogP contribution in [-0.4, -0.2) is 43.7 Å². The van der Waals surface area contributed by atoms with Gasteiger partial charge in [-0.15, -0.1) is 0 Å². The van der Waals surface area contributed by atoms with Crippen LogP contribution in [0.2, 0.25) is 0 Å². The minimum Gasteiger partial charge on any atom is -0.506 e. The number of fused-ring (bicyclic) bond motifs is 1. The number of ether oxygens (including phenoxy) is 1. The zero-order valence-electron chi connectivity index (χ0n) is 20.3. The molecule has 5 N–H and O–H groups in total. The van der Waals surface area contributed by atoms with E-state index in [-0.39, 0.29) is 53.5 Å². The van der Waals surface area contributed by atoms with Crippen LogP contribution in [0.3, 0.4) is 0 Å². The highest BCUT2D eigenvalue weighted by atomic mass is 79.9. The Hall–Kier alpha value is -3.17. The Bertz CT molecular complexity index is 1420. The van der Waals surface area contributed by atoms with Crippen molar-refractivity contribution in [2.45, 2.75) is 26.0 Å². The zero-order chi connectivity index (χ0) is 27.3. The van der Waals surface area contributed by atoms with Crippen molar-refractivity contribution in [2.24, 2.45) is 23.5 Å². The Balaban J connectivity index is 2.39. The number of hydrogen-bond acceptors (Lipinski definition) is 9. The first-order valence-corrected chi connectivity index (χ1v) is 13.1. The molecule has 2 aromatic carbocycles. The highest BCUT2D eigenvalue weighted by molar-refractivity contribution is 9.10. The van der Waals surface area contributed by atoms with Gasteiger partial charge in [-0.1, -0.05) is 34.7 Å². The van der Waals surface area contributed by atoms with E-state index in [1.165, 1.54) is 0 Å². The van der Waals surface area contributed by atoms with Crippen LogP contribution < -0.4 is 11.5 Å². The predicted molar refractivity (Wildman–Crippen MR) is 139 cm³/mol. The molecular formula is C23H27BrN4O8S. The summed E-state index contributed by atoms with van der Waals surface area (Å²) in [6.45, 7) is 1.50. The van der Waals surface area contributed by atoms with Gasteiger partial charge in [0.1, 0.15) is 11.9 Å². The molecular weight excluding hydrogens is 572 g/mol. The summed E-state index contributed by atoms with van der Waals surface area (Å²) in [5, 5.41) is 11.1. The summed E-state index contributed by atoms with van der Waals surface area (Å²) in [5.41, 5.74) is 12.5. The number of phenols is 1. The van der Waals surface area contributed by atoms with E-state index in [1.54, 1.807) is 54.9 Å². The number of aromatic hydroxyl groups is 1. The molecule has 0 amide bonds. The lowest BCUT2D eigenvalue weighted by atomic mass is 9.99. The summed E-state index contributed by atoms with van der Waals surface area (Å²) in [6.07, 6.45) is -1.24. The molecule has 1 unspecified atom stereocenters. The van der Waals surface area contributed by atoms with Crippen LogP contribution in [0, 0.1) is 0 Å². The predicted octanol–water partition coefficient (Wildman–Crippen LogP) is 2.72. The Labute approximate surface area is 222 Å². The molecule has 0 aliphatic heterocycles. The van der Waals surface area contributed by atoms with Gasteiger partial charge in [-0.25, -0.2) is 18.9 Å². The number of esters is 1. The molecule has 0 spiro atoms. The summed E-state index contributed by atoms with van der Waals surface area (Å²) in [4.78, 5) is 21.7. The number of carbonyl (C=O) groups excluding carboxylic acids is 1. The summed E-state index contributed by atoms with van der Waals surface area (Å²) in [5.74, 6) is -1.19. The molecule has 0 radical (unpaired) electrons. The Morgan fingerprint density at radius 2 is 1.92 bits per heavy atom. The third-order valence-corrected chi connectivity index (χ3v) is 6.79. The van der Waals surface area contributed by atoms with Gasteiger partial charge in [0.2, 0.25) is 0 Å². The normalized spacial score (nSPS) is 12.4. The number of nitrogens with zero attached hydrogens (tertiary/aromatic N) is 2. The molecule has 3 rings (SSSR count). The molecule has 1 aromatic heterocycles. The van der Waals surface area contributed by atoms with Gasteiger partial charge in [-0.3, -0.25) is 0 Å². The monoisotopic (exact) mass is 598 g/mol. The van der Waals surface area contributed by atoms with E-state index in [9.17, 15) is 18.3 Å². The summed E-state index contributed by atoms with van der Waals surface area (Å²) >= 11 is 3.32. The summed E-state index contributed by atoms with van der Waals surface area (Å²) in [7, 11) is -2.01. The van der Waals surface area contributed by atoms with Crippen molar-refractivity contribution in [3.05, 3.63) is 63.3 Å². The first-order chi connectivity index (χ1) is 17.5. The number of rotatable bonds is 11. The fraction of sp³-hybridized carbons (Fsp3) is 0.304. The molecule has 0 aliphatic carbocycles. The lowest BCUT2D eigenvalue weighted by Gasteiger charge is -2.19. The van der Waals surface area contributed by atoms with E-state index in [1.807, 2.05) is 0 Å². The minimum atomic E-state index is -4.66. The molecule has 12 nitrogen and oxygen atoms in total. The van der Waals surface area contributed by atoms with Crippen LogP contribution in [0.4, 0.5) is 0 Å². The second kappa shape index (κ2) is 11.9. The van der Waals surface area contributed by atoms with Gasteiger partial charge in [0.05, 0.1) is 41.5 Å². The standard InChI is InChI=1S/C23H27BrN4O8S/c1-4-34-22(30)19-18-14(12-27-23(25)26)21(29)15(24)11-16(18)28(2)20(19)17(35-37(31,32)36-33-3)10-13-8-6-5-7-9-13/h5-9,11,17,29H,4,10,12H2,1-3H3,(H4,25,26,27). The molecule has 1 atom stereocenters. The average Bonchev–Trinajstić information content (AvgIpc) is 3.11. The number of halogens is 1. The number of carbonyl (C=O) groups is 1. The first-order valence-electron chi connectivity index (χ1n) is 10.9. The van der Waals surface area contributed by atoms with Crippen LogP contribution in [0.5, 0.6) is 5.75 Å². The number of nitrogens with two attached hydrogens (primary N) is 2. The van der Waals surface area contributed by atoms with Crippen LogP contribution in [0.25, 0.3) is 10.9 Å². The smallest absolute Gasteiger partial charge is 0.427 e. The third-order valence-electron chi connectivity index (χ3n) is 5.42. The van der Waals surface area contributed by atoms with Crippen molar-refractivity contribution in [2.75, 3.05) is 13.7 Å². The number of phenolic OH excluding ortho intramolecular Hbond substituents is 1. The lowest BCUT2D eigenvalue weighted by Crippen LogP contribution is -2.22. The van der Waals surface area contributed by atoms with Gasteiger partial charge in [0.15, 0.2) is 5.96 Å². The SMILES string of the molecule is CCOC(=O)c1c(C(Cc2ccccc2)OS(=O)(=O)OOC)n(C)c2cc(Br)c(O)c(CN=C(N)N)c12. The van der Waals surface area contributed by atoms with Crippen molar-refractivity contribution in [3.63, 3.8) is 0 Å². The van der Waals surface area contributed by atoms with Crippen LogP contribution >= 0.6 is 15.9 Å². The van der Waals surface area contributed by atoms with E-state index in [2.05, 4.69) is 30.1 Å². The van der Waals surface area contributed by atoms with Crippen LogP contribution in [0.1, 0.15) is 40.2 Å². The number of benzene rings is 2. The van der Waals surface area contributed by atoms with Crippen molar-refractivity contribution >= 4 is 49.2 Å². The lowest BCUT2D eigenvalue weighted by molar-refractivity contribution is -0.183. The van der Waals surface area contributed by atoms with E-state index in [4.69, 9.17) is 20.4 Å². The van der Waals surface area contributed by atoms with Gasteiger partial charge >= 0.3 is 16.4 Å². The van der Waals surface area contributed by atoms with E-state index < -0.39 is 22.5 Å². The highest BCUT2D eigenvalue weighted by Crippen LogP contribution is 2.42.